The van der Waals surface area contributed by atoms with E-state index in [0.29, 0.717) is 16.6 Å². The first kappa shape index (κ1) is 11.4. The van der Waals surface area contributed by atoms with Crippen LogP contribution in [0.3, 0.4) is 0 Å². The molecule has 3 nitrogen and oxygen atoms in total. The molecule has 1 N–H and O–H groups in total. The monoisotopic (exact) mass is 238 g/mol. The molecule has 0 bridgehead atoms. The van der Waals surface area contributed by atoms with E-state index in [-0.39, 0.29) is 5.91 Å². The van der Waals surface area contributed by atoms with Gasteiger partial charge in [0.25, 0.3) is 5.91 Å². The molecule has 0 unspecified atom stereocenters. The molecule has 1 aromatic rings. The predicted molar refractivity (Wildman–Crippen MR) is 64.9 cm³/mol. The highest BCUT2D eigenvalue weighted by Gasteiger charge is 2.26. The minimum Gasteiger partial charge on any atom is -0.336 e. The van der Waals surface area contributed by atoms with Crippen LogP contribution >= 0.6 is 11.6 Å². The molecule has 1 amide bonds. The van der Waals surface area contributed by atoms with E-state index >= 15 is 0 Å². The Morgan fingerprint density at radius 1 is 1.50 bits per heavy atom. The van der Waals surface area contributed by atoms with Gasteiger partial charge in [-0.05, 0) is 24.6 Å². The third-order valence-electron chi connectivity index (χ3n) is 2.98. The molecule has 16 heavy (non-hydrogen) atoms. The molecular formula is C12H15ClN2O. The van der Waals surface area contributed by atoms with Crippen LogP contribution in [-0.2, 0) is 0 Å². The number of nitrogens with zero attached hydrogens (tertiary/aromatic N) is 1. The van der Waals surface area contributed by atoms with Gasteiger partial charge in [0.05, 0.1) is 16.6 Å². The van der Waals surface area contributed by atoms with Gasteiger partial charge < -0.3 is 10.2 Å². The molecular weight excluding hydrogens is 224 g/mol. The maximum atomic E-state index is 12.1. The van der Waals surface area contributed by atoms with Crippen molar-refractivity contribution < 1.29 is 4.79 Å². The molecule has 4 heteroatoms. The molecule has 86 valence electrons. The summed E-state index contributed by atoms with van der Waals surface area (Å²) in [6.45, 7) is 3.69. The normalized spacial score (nSPS) is 15.7. The second-order valence-electron chi connectivity index (χ2n) is 4.21. The van der Waals surface area contributed by atoms with E-state index in [2.05, 4.69) is 5.32 Å². The van der Waals surface area contributed by atoms with Crippen molar-refractivity contribution in [3.8, 4) is 0 Å². The summed E-state index contributed by atoms with van der Waals surface area (Å²) in [6, 6.07) is 5.82. The number of carbonyl (C=O) groups is 1. The largest absolute Gasteiger partial charge is 0.336 e. The minimum absolute atomic E-state index is 0.00324. The molecule has 0 radical (unpaired) electrons. The van der Waals surface area contributed by atoms with E-state index in [4.69, 9.17) is 11.6 Å². The van der Waals surface area contributed by atoms with E-state index in [0.717, 1.165) is 18.7 Å². The van der Waals surface area contributed by atoms with Crippen LogP contribution in [0.4, 0.5) is 0 Å². The second-order valence-corrected chi connectivity index (χ2v) is 4.62. The summed E-state index contributed by atoms with van der Waals surface area (Å²) >= 11 is 6.07. The molecule has 1 heterocycles. The quantitative estimate of drug-likeness (QED) is 0.851. The Labute approximate surface area is 100 Å². The first-order valence-electron chi connectivity index (χ1n) is 5.33. The van der Waals surface area contributed by atoms with Crippen molar-refractivity contribution >= 4 is 17.5 Å². The lowest BCUT2D eigenvalue weighted by atomic mass is 10.1. The Bertz CT molecular complexity index is 415. The number of nitrogens with one attached hydrogen (secondary N) is 1. The van der Waals surface area contributed by atoms with Crippen molar-refractivity contribution in [3.05, 3.63) is 34.3 Å². The van der Waals surface area contributed by atoms with E-state index < -0.39 is 0 Å². The number of rotatable bonds is 2. The molecule has 0 saturated carbocycles. The number of benzene rings is 1. The lowest BCUT2D eigenvalue weighted by molar-refractivity contribution is 0.0681. The minimum atomic E-state index is -0.00324. The Balaban J connectivity index is 2.19. The lowest BCUT2D eigenvalue weighted by Crippen LogP contribution is -2.57. The van der Waals surface area contributed by atoms with Gasteiger partial charge in [0.2, 0.25) is 0 Å². The Morgan fingerprint density at radius 2 is 2.19 bits per heavy atom. The zero-order chi connectivity index (χ0) is 11.7. The number of likely N-dealkylation sites (N-methyl/N-ethyl adjacent to an activating group) is 1. The van der Waals surface area contributed by atoms with Crippen molar-refractivity contribution in [2.45, 2.75) is 13.0 Å². The number of aryl methyl sites for hydroxylation is 1. The van der Waals surface area contributed by atoms with Gasteiger partial charge in [0.15, 0.2) is 0 Å². The van der Waals surface area contributed by atoms with Crippen molar-refractivity contribution in [1.29, 1.82) is 0 Å². The maximum absolute atomic E-state index is 12.1. The highest BCUT2D eigenvalue weighted by Crippen LogP contribution is 2.20. The van der Waals surface area contributed by atoms with E-state index in [1.807, 2.05) is 26.1 Å². The van der Waals surface area contributed by atoms with Gasteiger partial charge in [-0.2, -0.15) is 0 Å². The van der Waals surface area contributed by atoms with E-state index in [9.17, 15) is 4.79 Å². The molecule has 1 aliphatic rings. The summed E-state index contributed by atoms with van der Waals surface area (Å²) in [4.78, 5) is 13.9. The van der Waals surface area contributed by atoms with Crippen LogP contribution in [0, 0.1) is 6.92 Å². The number of carbonyl (C=O) groups excluding carboxylic acids is 1. The van der Waals surface area contributed by atoms with Crippen LogP contribution in [0.2, 0.25) is 5.02 Å². The number of halogens is 1. The van der Waals surface area contributed by atoms with Gasteiger partial charge in [-0.1, -0.05) is 17.7 Å². The summed E-state index contributed by atoms with van der Waals surface area (Å²) < 4.78 is 0. The molecule has 0 spiro atoms. The van der Waals surface area contributed by atoms with Crippen LogP contribution in [0.5, 0.6) is 0 Å². The Kier molecular flexibility index (Phi) is 3.17. The van der Waals surface area contributed by atoms with Crippen molar-refractivity contribution in [2.24, 2.45) is 0 Å². The third kappa shape index (κ3) is 2.06. The number of hydrogen-bond donors (Lipinski definition) is 1. The van der Waals surface area contributed by atoms with Crippen molar-refractivity contribution in [1.82, 2.24) is 10.2 Å². The van der Waals surface area contributed by atoms with E-state index in [1.165, 1.54) is 0 Å². The maximum Gasteiger partial charge on any atom is 0.255 e. The van der Waals surface area contributed by atoms with Crippen LogP contribution in [0.15, 0.2) is 18.2 Å². The average Bonchev–Trinajstić information content (AvgIpc) is 2.14. The number of amides is 1. The van der Waals surface area contributed by atoms with Crippen LogP contribution in [0.25, 0.3) is 0 Å². The van der Waals surface area contributed by atoms with Gasteiger partial charge in [0, 0.05) is 20.1 Å². The first-order chi connectivity index (χ1) is 7.59. The molecule has 1 saturated heterocycles. The van der Waals surface area contributed by atoms with Crippen LogP contribution < -0.4 is 5.32 Å². The zero-order valence-corrected chi connectivity index (χ0v) is 10.2. The van der Waals surface area contributed by atoms with Crippen molar-refractivity contribution in [3.63, 3.8) is 0 Å². The molecule has 0 atom stereocenters. The zero-order valence-electron chi connectivity index (χ0n) is 9.46. The van der Waals surface area contributed by atoms with Gasteiger partial charge in [-0.3, -0.25) is 4.79 Å². The molecule has 1 aliphatic heterocycles. The SMILES string of the molecule is Cc1ccc(C(=O)N(C)C2CNC2)c(Cl)c1. The molecule has 0 aliphatic carbocycles. The van der Waals surface area contributed by atoms with Gasteiger partial charge in [-0.15, -0.1) is 0 Å². The second kappa shape index (κ2) is 4.44. The van der Waals surface area contributed by atoms with Gasteiger partial charge in [-0.25, -0.2) is 0 Å². The van der Waals surface area contributed by atoms with Crippen LogP contribution in [-0.4, -0.2) is 37.0 Å². The highest BCUT2D eigenvalue weighted by molar-refractivity contribution is 6.33. The topological polar surface area (TPSA) is 32.3 Å². The summed E-state index contributed by atoms with van der Waals surface area (Å²) in [5.74, 6) is -0.00324. The Morgan fingerprint density at radius 3 is 2.69 bits per heavy atom. The molecule has 2 rings (SSSR count). The van der Waals surface area contributed by atoms with Crippen LogP contribution in [0.1, 0.15) is 15.9 Å². The van der Waals surface area contributed by atoms with Gasteiger partial charge >= 0.3 is 0 Å². The number of hydrogen-bond acceptors (Lipinski definition) is 2. The predicted octanol–water partition coefficient (Wildman–Crippen LogP) is 1.69. The first-order valence-corrected chi connectivity index (χ1v) is 5.71. The summed E-state index contributed by atoms with van der Waals surface area (Å²) in [5, 5.41) is 3.68. The fourth-order valence-corrected chi connectivity index (χ4v) is 2.01. The standard InChI is InChI=1S/C12H15ClN2O/c1-8-3-4-10(11(13)5-8)12(16)15(2)9-6-14-7-9/h3-5,9,14H,6-7H2,1-2H3. The lowest BCUT2D eigenvalue weighted by Gasteiger charge is -2.35. The van der Waals surface area contributed by atoms with Gasteiger partial charge in [0.1, 0.15) is 0 Å². The summed E-state index contributed by atoms with van der Waals surface area (Å²) in [6.07, 6.45) is 0. The summed E-state index contributed by atoms with van der Waals surface area (Å²) in [5.41, 5.74) is 1.65. The average molecular weight is 239 g/mol. The Hall–Kier alpha value is -1.06. The smallest absolute Gasteiger partial charge is 0.255 e. The third-order valence-corrected chi connectivity index (χ3v) is 3.30. The molecule has 1 fully saturated rings. The van der Waals surface area contributed by atoms with E-state index in [1.54, 1.807) is 11.0 Å². The fraction of sp³-hybridized carbons (Fsp3) is 0.417. The highest BCUT2D eigenvalue weighted by atomic mass is 35.5. The molecule has 1 aromatic carbocycles. The van der Waals surface area contributed by atoms with Crippen molar-refractivity contribution in [2.75, 3.05) is 20.1 Å². The molecule has 0 aromatic heterocycles. The summed E-state index contributed by atoms with van der Waals surface area (Å²) in [7, 11) is 1.82. The fourth-order valence-electron chi connectivity index (χ4n) is 1.70.